The second kappa shape index (κ2) is 9.57. The second-order valence-electron chi connectivity index (χ2n) is 7.05. The lowest BCUT2D eigenvalue weighted by atomic mass is 10.1. The normalized spacial score (nSPS) is 10.9. The molecule has 7 heteroatoms. The highest BCUT2D eigenvalue weighted by atomic mass is 32.1. The number of nitrogens with zero attached hydrogens (tertiary/aromatic N) is 2. The molecule has 0 saturated heterocycles. The summed E-state index contributed by atoms with van der Waals surface area (Å²) in [5.74, 6) is 0.427. The largest absolute Gasteiger partial charge is 0.494 e. The number of aliphatic carboxylic acids is 1. The number of hydrogen-bond donors (Lipinski definition) is 2. The van der Waals surface area contributed by atoms with E-state index in [9.17, 15) is 4.79 Å². The van der Waals surface area contributed by atoms with Crippen LogP contribution in [0.25, 0.3) is 21.3 Å². The minimum atomic E-state index is -0.888. The van der Waals surface area contributed by atoms with Crippen LogP contribution in [0.1, 0.15) is 18.1 Å². The van der Waals surface area contributed by atoms with Crippen molar-refractivity contribution in [2.45, 2.75) is 19.8 Å². The third-order valence-corrected chi connectivity index (χ3v) is 5.94. The summed E-state index contributed by atoms with van der Waals surface area (Å²) < 4.78 is 6.98. The number of thiophene rings is 1. The van der Waals surface area contributed by atoms with Crippen LogP contribution in [0, 0.1) is 0 Å². The molecule has 4 rings (SSSR count). The van der Waals surface area contributed by atoms with Crippen LogP contribution in [0.5, 0.6) is 5.75 Å². The van der Waals surface area contributed by atoms with Gasteiger partial charge in [-0.3, -0.25) is 4.79 Å². The molecule has 158 valence electrons. The van der Waals surface area contributed by atoms with Gasteiger partial charge in [-0.05, 0) is 41.8 Å². The number of ether oxygens (including phenoxy) is 1. The molecule has 0 atom stereocenters. The van der Waals surface area contributed by atoms with Crippen molar-refractivity contribution in [3.8, 4) is 17.0 Å². The first-order chi connectivity index (χ1) is 15.1. The minimum Gasteiger partial charge on any atom is -0.494 e. The van der Waals surface area contributed by atoms with E-state index in [4.69, 9.17) is 9.84 Å². The molecule has 2 aromatic carbocycles. The van der Waals surface area contributed by atoms with Gasteiger partial charge in [0.2, 0.25) is 0 Å². The van der Waals surface area contributed by atoms with Gasteiger partial charge in [0.25, 0.3) is 0 Å². The van der Waals surface area contributed by atoms with Crippen LogP contribution in [0.4, 0.5) is 5.82 Å². The molecule has 0 fully saturated rings. The van der Waals surface area contributed by atoms with Crippen molar-refractivity contribution in [2.24, 2.45) is 0 Å². The lowest BCUT2D eigenvalue weighted by Gasteiger charge is -2.12. The third-order valence-electron chi connectivity index (χ3n) is 4.93. The minimum absolute atomic E-state index is 0.0802. The van der Waals surface area contributed by atoms with E-state index in [1.54, 1.807) is 17.4 Å². The van der Waals surface area contributed by atoms with Gasteiger partial charge in [-0.1, -0.05) is 30.3 Å². The molecule has 6 nitrogen and oxygen atoms in total. The molecule has 0 saturated carbocycles. The highest BCUT2D eigenvalue weighted by Crippen LogP contribution is 2.28. The highest BCUT2D eigenvalue weighted by molar-refractivity contribution is 7.17. The summed E-state index contributed by atoms with van der Waals surface area (Å²) in [6.07, 6.45) is 2.35. The fraction of sp³-hybridized carbons (Fsp3) is 0.208. The molecule has 0 radical (unpaired) electrons. The van der Waals surface area contributed by atoms with Crippen LogP contribution in [-0.2, 0) is 17.6 Å². The van der Waals surface area contributed by atoms with Crippen LogP contribution in [0.2, 0.25) is 0 Å². The average molecular weight is 434 g/mol. The Hall–Kier alpha value is -3.45. The molecule has 31 heavy (non-hydrogen) atoms. The first-order valence-electron chi connectivity index (χ1n) is 10.1. The second-order valence-corrected chi connectivity index (χ2v) is 7.96. The van der Waals surface area contributed by atoms with Gasteiger partial charge in [0.05, 0.1) is 18.7 Å². The van der Waals surface area contributed by atoms with Gasteiger partial charge in [0, 0.05) is 28.4 Å². The number of carbonyl (C=O) groups is 1. The first-order valence-corrected chi connectivity index (χ1v) is 11.0. The molecule has 0 aliphatic carbocycles. The van der Waals surface area contributed by atoms with Crippen molar-refractivity contribution < 1.29 is 14.6 Å². The van der Waals surface area contributed by atoms with Crippen LogP contribution in [0.3, 0.4) is 0 Å². The number of anilines is 1. The third kappa shape index (κ3) is 5.00. The standard InChI is InChI=1S/C24H23N3O3S/c1-2-30-21-12-18(6-7-19(21)13-23(28)29)20-14-22(27-15-26-20)25-10-8-16-4-3-5-17-9-11-31-24(16)17/h3-7,9,11-12,14-15H,2,8,10,13H2,1H3,(H,28,29)(H,25,26,27). The fourth-order valence-corrected chi connectivity index (χ4v) is 4.45. The van der Waals surface area contributed by atoms with E-state index >= 15 is 0 Å². The maximum atomic E-state index is 11.1. The Balaban J connectivity index is 1.48. The van der Waals surface area contributed by atoms with E-state index in [-0.39, 0.29) is 6.42 Å². The molecular formula is C24H23N3O3S. The zero-order valence-electron chi connectivity index (χ0n) is 17.2. The number of aromatic nitrogens is 2. The van der Waals surface area contributed by atoms with Gasteiger partial charge in [0.15, 0.2) is 0 Å². The molecule has 0 aliphatic rings. The molecule has 4 aromatic rings. The van der Waals surface area contributed by atoms with Gasteiger partial charge in [-0.2, -0.15) is 0 Å². The lowest BCUT2D eigenvalue weighted by Crippen LogP contribution is -2.07. The Morgan fingerprint density at radius 1 is 1.13 bits per heavy atom. The van der Waals surface area contributed by atoms with Crippen LogP contribution in [0.15, 0.2) is 60.2 Å². The fourth-order valence-electron chi connectivity index (χ4n) is 3.50. The van der Waals surface area contributed by atoms with Crippen LogP contribution in [-0.4, -0.2) is 34.2 Å². The Kier molecular flexibility index (Phi) is 6.43. The topological polar surface area (TPSA) is 84.3 Å². The molecule has 2 N–H and O–H groups in total. The molecular weight excluding hydrogens is 410 g/mol. The summed E-state index contributed by atoms with van der Waals surface area (Å²) in [5, 5.41) is 15.9. The Labute approximate surface area is 184 Å². The number of nitrogens with one attached hydrogen (secondary N) is 1. The molecule has 2 aromatic heterocycles. The van der Waals surface area contributed by atoms with Crippen molar-refractivity contribution in [3.63, 3.8) is 0 Å². The van der Waals surface area contributed by atoms with Crippen molar-refractivity contribution in [1.82, 2.24) is 9.97 Å². The number of benzene rings is 2. The first kappa shape index (κ1) is 20.8. The average Bonchev–Trinajstić information content (AvgIpc) is 3.25. The zero-order chi connectivity index (χ0) is 21.6. The van der Waals surface area contributed by atoms with Gasteiger partial charge in [-0.15, -0.1) is 11.3 Å². The summed E-state index contributed by atoms with van der Waals surface area (Å²) in [6, 6.07) is 15.9. The lowest BCUT2D eigenvalue weighted by molar-refractivity contribution is -0.136. The van der Waals surface area contributed by atoms with E-state index in [2.05, 4.69) is 44.9 Å². The van der Waals surface area contributed by atoms with Crippen molar-refractivity contribution in [1.29, 1.82) is 0 Å². The number of hydrogen-bond acceptors (Lipinski definition) is 6. The Morgan fingerprint density at radius 3 is 2.87 bits per heavy atom. The van der Waals surface area contributed by atoms with Crippen LogP contribution >= 0.6 is 11.3 Å². The molecule has 0 bridgehead atoms. The van der Waals surface area contributed by atoms with Gasteiger partial charge >= 0.3 is 5.97 Å². The van der Waals surface area contributed by atoms with Gasteiger partial charge < -0.3 is 15.2 Å². The van der Waals surface area contributed by atoms with E-state index in [1.165, 1.54) is 22.0 Å². The molecule has 0 spiro atoms. The maximum Gasteiger partial charge on any atom is 0.307 e. The summed E-state index contributed by atoms with van der Waals surface area (Å²) in [7, 11) is 0. The van der Waals surface area contributed by atoms with E-state index in [0.29, 0.717) is 17.9 Å². The number of carboxylic acids is 1. The maximum absolute atomic E-state index is 11.1. The van der Waals surface area contributed by atoms with E-state index in [0.717, 1.165) is 30.0 Å². The van der Waals surface area contributed by atoms with Gasteiger partial charge in [0.1, 0.15) is 17.9 Å². The Morgan fingerprint density at radius 2 is 2.03 bits per heavy atom. The highest BCUT2D eigenvalue weighted by Gasteiger charge is 2.11. The van der Waals surface area contributed by atoms with Crippen LogP contribution < -0.4 is 10.1 Å². The van der Waals surface area contributed by atoms with Crippen molar-refractivity contribution in [3.05, 3.63) is 71.4 Å². The monoisotopic (exact) mass is 433 g/mol. The predicted octanol–water partition coefficient (Wildman–Crippen LogP) is 5.04. The number of fused-ring (bicyclic) bond motifs is 1. The van der Waals surface area contributed by atoms with Gasteiger partial charge in [-0.25, -0.2) is 9.97 Å². The molecule has 0 aliphatic heterocycles. The number of rotatable bonds is 9. The molecule has 2 heterocycles. The summed E-state index contributed by atoms with van der Waals surface area (Å²) in [4.78, 5) is 19.8. The predicted molar refractivity (Wildman–Crippen MR) is 124 cm³/mol. The van der Waals surface area contributed by atoms with Crippen molar-refractivity contribution in [2.75, 3.05) is 18.5 Å². The SMILES string of the molecule is CCOc1cc(-c2cc(NCCc3cccc4ccsc34)ncn2)ccc1CC(=O)O. The Bertz CT molecular complexity index is 1210. The summed E-state index contributed by atoms with van der Waals surface area (Å²) in [5.41, 5.74) is 3.57. The van der Waals surface area contributed by atoms with Crippen molar-refractivity contribution >= 4 is 33.2 Å². The number of carboxylic acid groups (broad SMARTS) is 1. The smallest absolute Gasteiger partial charge is 0.307 e. The molecule has 0 amide bonds. The zero-order valence-corrected chi connectivity index (χ0v) is 18.0. The summed E-state index contributed by atoms with van der Waals surface area (Å²) >= 11 is 1.77. The summed E-state index contributed by atoms with van der Waals surface area (Å²) in [6.45, 7) is 3.10. The van der Waals surface area contributed by atoms with E-state index in [1.807, 2.05) is 25.1 Å². The molecule has 0 unspecified atom stereocenters. The quantitative estimate of drug-likeness (QED) is 0.385. The van der Waals surface area contributed by atoms with E-state index < -0.39 is 5.97 Å².